The fraction of sp³-hybridized carbons (Fsp3) is 0.600. The van der Waals surface area contributed by atoms with Crippen LogP contribution in [0.2, 0.25) is 6.04 Å². The van der Waals surface area contributed by atoms with Crippen LogP contribution in [-0.2, 0) is 0 Å². The number of hydrogen-bond donors (Lipinski definition) is 0. The molecule has 0 aromatic heterocycles. The maximum atomic E-state index is 5.44. The van der Waals surface area contributed by atoms with Crippen molar-refractivity contribution in [3.63, 3.8) is 0 Å². The summed E-state index contributed by atoms with van der Waals surface area (Å²) in [4.78, 5) is -0.223. The number of hydrogen-bond acceptors (Lipinski definition) is 0. The summed E-state index contributed by atoms with van der Waals surface area (Å²) < 4.78 is 0. The third-order valence-electron chi connectivity index (χ3n) is 0.717. The van der Waals surface area contributed by atoms with Crippen molar-refractivity contribution in [2.75, 3.05) is 0 Å². The lowest BCUT2D eigenvalue weighted by Crippen LogP contribution is -1.79. The molecule has 0 heterocycles. The molecule has 0 N–H and O–H groups in total. The van der Waals surface area contributed by atoms with Crippen LogP contribution >= 0.6 is 23.2 Å². The molecule has 0 spiro atoms. The summed E-state index contributed by atoms with van der Waals surface area (Å²) in [5.74, 6) is 0. The van der Waals surface area contributed by atoms with Crippen LogP contribution in [0.25, 0.3) is 0 Å². The Morgan fingerprint density at radius 3 is 2.38 bits per heavy atom. The van der Waals surface area contributed by atoms with Gasteiger partial charge in [-0.3, -0.25) is 0 Å². The van der Waals surface area contributed by atoms with Crippen molar-refractivity contribution in [2.45, 2.75) is 17.3 Å². The zero-order valence-electron chi connectivity index (χ0n) is 4.90. The van der Waals surface area contributed by atoms with E-state index in [0.29, 0.717) is 0 Å². The average Bonchev–Trinajstić information content (AvgIpc) is 1.66. The van der Waals surface area contributed by atoms with Gasteiger partial charge in [-0.25, -0.2) is 0 Å². The molecule has 0 aliphatic heterocycles. The van der Waals surface area contributed by atoms with Gasteiger partial charge in [0.2, 0.25) is 0 Å². The fourth-order valence-electron chi connectivity index (χ4n) is 0.366. The van der Waals surface area contributed by atoms with E-state index in [0.717, 1.165) is 6.42 Å². The molecule has 8 heavy (non-hydrogen) atoms. The lowest BCUT2D eigenvalue weighted by molar-refractivity contribution is 1.15. The van der Waals surface area contributed by atoms with Crippen molar-refractivity contribution in [1.29, 1.82) is 0 Å². The minimum absolute atomic E-state index is 0.223. The van der Waals surface area contributed by atoms with Gasteiger partial charge in [-0.15, -0.1) is 23.2 Å². The van der Waals surface area contributed by atoms with Crippen molar-refractivity contribution in [3.05, 3.63) is 12.2 Å². The molecule has 0 aromatic carbocycles. The highest BCUT2D eigenvalue weighted by atomic mass is 35.5. The Bertz CT molecular complexity index is 70.8. The molecular formula is C5H10Cl2Si. The van der Waals surface area contributed by atoms with E-state index in [1.165, 1.54) is 16.3 Å². The van der Waals surface area contributed by atoms with Crippen LogP contribution in [0.5, 0.6) is 0 Å². The van der Waals surface area contributed by atoms with Gasteiger partial charge in [0.1, 0.15) is 4.84 Å². The van der Waals surface area contributed by atoms with Crippen molar-refractivity contribution < 1.29 is 0 Å². The molecule has 48 valence electrons. The van der Waals surface area contributed by atoms with Crippen molar-refractivity contribution in [1.82, 2.24) is 0 Å². The maximum Gasteiger partial charge on any atom is 0.111 e. The molecule has 0 amide bonds. The third kappa shape index (κ3) is 6.54. The summed E-state index contributed by atoms with van der Waals surface area (Å²) in [7, 11) is 1.23. The Morgan fingerprint density at radius 1 is 1.38 bits per heavy atom. The molecule has 0 bridgehead atoms. The second-order valence-electron chi connectivity index (χ2n) is 1.51. The third-order valence-corrected chi connectivity index (χ3v) is 1.54. The Labute approximate surface area is 63.3 Å². The van der Waals surface area contributed by atoms with Gasteiger partial charge < -0.3 is 0 Å². The summed E-state index contributed by atoms with van der Waals surface area (Å²) in [5.41, 5.74) is 0. The van der Waals surface area contributed by atoms with Gasteiger partial charge in [-0.2, -0.15) is 0 Å². The highest BCUT2D eigenvalue weighted by molar-refractivity contribution is 6.44. The normalized spacial score (nSPS) is 11.9. The van der Waals surface area contributed by atoms with E-state index in [4.69, 9.17) is 23.2 Å². The molecule has 0 aliphatic carbocycles. The molecular weight excluding hydrogens is 159 g/mol. The Morgan fingerprint density at radius 2 is 2.00 bits per heavy atom. The van der Waals surface area contributed by atoms with Gasteiger partial charge in [-0.05, 0) is 12.5 Å². The van der Waals surface area contributed by atoms with Crippen LogP contribution < -0.4 is 0 Å². The second kappa shape index (κ2) is 5.67. The van der Waals surface area contributed by atoms with E-state index in [1.54, 1.807) is 0 Å². The number of halogens is 2. The van der Waals surface area contributed by atoms with Gasteiger partial charge >= 0.3 is 0 Å². The molecule has 0 atom stereocenters. The first kappa shape index (κ1) is 8.54. The Kier molecular flexibility index (Phi) is 6.05. The van der Waals surface area contributed by atoms with Gasteiger partial charge in [-0.1, -0.05) is 12.2 Å². The standard InChI is InChI=1S/C5H10Cl2Si/c6-5(7)3-1-2-4-8/h1-2,5H,3-4H2,8H3. The number of rotatable bonds is 3. The first-order chi connectivity index (χ1) is 3.77. The first-order valence-corrected chi connectivity index (χ1v) is 4.99. The zero-order valence-corrected chi connectivity index (χ0v) is 8.41. The molecule has 0 radical (unpaired) electrons. The van der Waals surface area contributed by atoms with E-state index < -0.39 is 0 Å². The van der Waals surface area contributed by atoms with Gasteiger partial charge in [0.25, 0.3) is 0 Å². The van der Waals surface area contributed by atoms with Gasteiger partial charge in [0.15, 0.2) is 0 Å². The topological polar surface area (TPSA) is 0 Å². The lowest BCUT2D eigenvalue weighted by Gasteiger charge is -1.89. The smallest absolute Gasteiger partial charge is 0.105 e. The molecule has 0 nitrogen and oxygen atoms in total. The molecule has 0 saturated carbocycles. The Balaban J connectivity index is 3.03. The molecule has 0 aliphatic rings. The molecule has 0 unspecified atom stereocenters. The van der Waals surface area contributed by atoms with Crippen LogP contribution in [-0.4, -0.2) is 15.1 Å². The average molecular weight is 169 g/mol. The molecule has 0 rings (SSSR count). The monoisotopic (exact) mass is 168 g/mol. The number of allylic oxidation sites excluding steroid dienone is 2. The minimum atomic E-state index is -0.223. The van der Waals surface area contributed by atoms with E-state index in [1.807, 2.05) is 6.08 Å². The molecule has 3 heteroatoms. The van der Waals surface area contributed by atoms with Crippen LogP contribution in [0.1, 0.15) is 6.42 Å². The summed E-state index contributed by atoms with van der Waals surface area (Å²) in [6.45, 7) is 0. The maximum absolute atomic E-state index is 5.44. The fourth-order valence-corrected chi connectivity index (χ4v) is 0.905. The van der Waals surface area contributed by atoms with Crippen LogP contribution in [0.4, 0.5) is 0 Å². The van der Waals surface area contributed by atoms with E-state index in [9.17, 15) is 0 Å². The van der Waals surface area contributed by atoms with Crippen molar-refractivity contribution >= 4 is 33.4 Å². The predicted octanol–water partition coefficient (Wildman–Crippen LogP) is 1.52. The van der Waals surface area contributed by atoms with E-state index in [-0.39, 0.29) is 4.84 Å². The SMILES string of the molecule is [SiH3]CC=CCC(Cl)Cl. The molecule has 0 aromatic rings. The first-order valence-electron chi connectivity index (χ1n) is 2.70. The van der Waals surface area contributed by atoms with Crippen LogP contribution in [0.3, 0.4) is 0 Å². The van der Waals surface area contributed by atoms with Gasteiger partial charge in [0.05, 0.1) is 0 Å². The predicted molar refractivity (Wildman–Crippen MR) is 44.0 cm³/mol. The highest BCUT2D eigenvalue weighted by Crippen LogP contribution is 2.06. The van der Waals surface area contributed by atoms with Crippen molar-refractivity contribution in [2.24, 2.45) is 0 Å². The van der Waals surface area contributed by atoms with Crippen LogP contribution in [0.15, 0.2) is 12.2 Å². The number of alkyl halides is 2. The molecule has 0 fully saturated rings. The lowest BCUT2D eigenvalue weighted by atomic mass is 10.4. The quantitative estimate of drug-likeness (QED) is 0.341. The molecule has 0 saturated heterocycles. The Hall–Kier alpha value is 0.537. The van der Waals surface area contributed by atoms with E-state index >= 15 is 0 Å². The summed E-state index contributed by atoms with van der Waals surface area (Å²) >= 11 is 10.9. The summed E-state index contributed by atoms with van der Waals surface area (Å²) in [6, 6.07) is 1.19. The zero-order chi connectivity index (χ0) is 6.41. The largest absolute Gasteiger partial charge is 0.111 e. The van der Waals surface area contributed by atoms with Crippen molar-refractivity contribution in [3.8, 4) is 0 Å². The van der Waals surface area contributed by atoms with Crippen LogP contribution in [0, 0.1) is 0 Å². The van der Waals surface area contributed by atoms with Gasteiger partial charge in [0, 0.05) is 10.2 Å². The minimum Gasteiger partial charge on any atom is -0.105 e. The van der Waals surface area contributed by atoms with E-state index in [2.05, 4.69) is 6.08 Å². The highest BCUT2D eigenvalue weighted by Gasteiger charge is 1.90. The summed E-state index contributed by atoms with van der Waals surface area (Å²) in [6.07, 6.45) is 4.92. The summed E-state index contributed by atoms with van der Waals surface area (Å²) in [5, 5.41) is 0. The second-order valence-corrected chi connectivity index (χ2v) is 3.60.